The van der Waals surface area contributed by atoms with Crippen molar-refractivity contribution >= 4 is 46.0 Å². The quantitative estimate of drug-likeness (QED) is 0.0855. The average molecular weight is 646 g/mol. The summed E-state index contributed by atoms with van der Waals surface area (Å²) in [6.07, 6.45) is 1.36. The molecule has 5 rings (SSSR count). The Morgan fingerprint density at radius 1 is 1.02 bits per heavy atom. The normalized spacial score (nSPS) is 11.4. The van der Waals surface area contributed by atoms with Crippen LogP contribution < -0.4 is 15.0 Å². The van der Waals surface area contributed by atoms with Gasteiger partial charge in [-0.3, -0.25) is 14.9 Å². The predicted molar refractivity (Wildman–Crippen MR) is 178 cm³/mol. The Balaban J connectivity index is 1.66. The third-order valence-electron chi connectivity index (χ3n) is 7.19. The molecule has 0 unspecified atom stereocenters. The van der Waals surface area contributed by atoms with Gasteiger partial charge in [-0.2, -0.15) is 9.78 Å². The summed E-state index contributed by atoms with van der Waals surface area (Å²) >= 11 is 12.3. The number of halogens is 2. The second kappa shape index (κ2) is 13.5. The molecule has 1 heterocycles. The van der Waals surface area contributed by atoms with Crippen LogP contribution in [-0.2, 0) is 6.61 Å². The van der Waals surface area contributed by atoms with E-state index in [2.05, 4.69) is 18.9 Å². The summed E-state index contributed by atoms with van der Waals surface area (Å²) in [5.41, 5.74) is 3.42. The Labute approximate surface area is 269 Å². The maximum Gasteiger partial charge on any atom is 0.282 e. The fourth-order valence-corrected chi connectivity index (χ4v) is 5.33. The zero-order valence-electron chi connectivity index (χ0n) is 25.1. The molecular weight excluding hydrogens is 615 g/mol. The number of aromatic nitrogens is 2. The number of aryl methyl sites for hydroxylation is 1. The van der Waals surface area contributed by atoms with Crippen LogP contribution in [0, 0.1) is 17.0 Å². The molecule has 11 heteroatoms. The van der Waals surface area contributed by atoms with Gasteiger partial charge in [0.05, 0.1) is 28.6 Å². The minimum atomic E-state index is -0.511. The Bertz CT molecular complexity index is 2010. The van der Waals surface area contributed by atoms with Crippen LogP contribution in [0.1, 0.15) is 48.9 Å². The molecule has 0 aliphatic carbocycles. The highest BCUT2D eigenvalue weighted by Gasteiger charge is 2.19. The number of hydrogen-bond donors (Lipinski definition) is 0. The lowest BCUT2D eigenvalue weighted by atomic mass is 9.96. The highest BCUT2D eigenvalue weighted by Crippen LogP contribution is 2.34. The van der Waals surface area contributed by atoms with Gasteiger partial charge in [-0.05, 0) is 73.4 Å². The number of ether oxygens (including phenoxy) is 2. The van der Waals surface area contributed by atoms with Gasteiger partial charge in [0.25, 0.3) is 11.2 Å². The summed E-state index contributed by atoms with van der Waals surface area (Å²) in [5, 5.41) is 17.5. The standard InChI is InChI=1S/C34H30Cl2N4O5/c1-5-44-32-14-21(4)28(17-27(32)20(2)3)33-38-30-9-7-6-8-26(30)34(41)39(33)37-18-23-15-25(40(42)43)12-13-31(23)45-19-22-10-11-24(35)16-29(22)36/h6-18,20H,5,19H2,1-4H3. The minimum Gasteiger partial charge on any atom is -0.494 e. The highest BCUT2D eigenvalue weighted by atomic mass is 35.5. The monoisotopic (exact) mass is 644 g/mol. The minimum absolute atomic E-state index is 0.0702. The number of rotatable bonds is 10. The molecule has 5 aromatic rings. The topological polar surface area (TPSA) is 109 Å². The van der Waals surface area contributed by atoms with E-state index < -0.39 is 10.5 Å². The van der Waals surface area contributed by atoms with Crippen LogP contribution >= 0.6 is 23.2 Å². The van der Waals surface area contributed by atoms with Crippen molar-refractivity contribution in [1.82, 2.24) is 9.66 Å². The van der Waals surface area contributed by atoms with Gasteiger partial charge < -0.3 is 9.47 Å². The van der Waals surface area contributed by atoms with Gasteiger partial charge in [0.2, 0.25) is 0 Å². The number of para-hydroxylation sites is 1. The summed E-state index contributed by atoms with van der Waals surface area (Å²) in [7, 11) is 0. The van der Waals surface area contributed by atoms with E-state index in [1.807, 2.05) is 32.0 Å². The zero-order chi connectivity index (χ0) is 32.2. The summed E-state index contributed by atoms with van der Waals surface area (Å²) in [6.45, 7) is 8.57. The fourth-order valence-electron chi connectivity index (χ4n) is 4.87. The van der Waals surface area contributed by atoms with E-state index in [0.717, 1.165) is 16.9 Å². The first-order chi connectivity index (χ1) is 21.6. The van der Waals surface area contributed by atoms with Crippen molar-refractivity contribution in [2.24, 2.45) is 5.10 Å². The van der Waals surface area contributed by atoms with E-state index in [9.17, 15) is 14.9 Å². The first kappa shape index (κ1) is 31.7. The van der Waals surface area contributed by atoms with Crippen molar-refractivity contribution < 1.29 is 14.4 Å². The lowest BCUT2D eigenvalue weighted by molar-refractivity contribution is -0.384. The summed E-state index contributed by atoms with van der Waals surface area (Å²) in [5.74, 6) is 1.52. The number of benzene rings is 4. The van der Waals surface area contributed by atoms with Gasteiger partial charge in [-0.15, -0.1) is 0 Å². The van der Waals surface area contributed by atoms with E-state index in [-0.39, 0.29) is 23.8 Å². The van der Waals surface area contributed by atoms with E-state index in [1.165, 1.54) is 29.1 Å². The molecule has 0 saturated heterocycles. The molecule has 9 nitrogen and oxygen atoms in total. The third-order valence-corrected chi connectivity index (χ3v) is 7.78. The number of fused-ring (bicyclic) bond motifs is 1. The van der Waals surface area contributed by atoms with Crippen molar-refractivity contribution in [3.05, 3.63) is 126 Å². The van der Waals surface area contributed by atoms with Gasteiger partial charge in [0.1, 0.15) is 18.1 Å². The lowest BCUT2D eigenvalue weighted by Gasteiger charge is -2.18. The molecule has 230 valence electrons. The van der Waals surface area contributed by atoms with Crippen molar-refractivity contribution in [3.8, 4) is 22.9 Å². The van der Waals surface area contributed by atoms with Crippen molar-refractivity contribution in [2.75, 3.05) is 6.61 Å². The van der Waals surface area contributed by atoms with Crippen LogP contribution in [0.3, 0.4) is 0 Å². The number of non-ortho nitro benzene ring substituents is 1. The molecule has 0 radical (unpaired) electrons. The second-order valence-corrected chi connectivity index (χ2v) is 11.5. The molecule has 0 fully saturated rings. The van der Waals surface area contributed by atoms with Crippen LogP contribution in [0.5, 0.6) is 11.5 Å². The third kappa shape index (κ3) is 6.84. The van der Waals surface area contributed by atoms with Crippen LogP contribution in [-0.4, -0.2) is 27.4 Å². The SMILES string of the molecule is CCOc1cc(C)c(-c2nc3ccccc3c(=O)n2N=Cc2cc([N+](=O)[O-])ccc2OCc2ccc(Cl)cc2Cl)cc1C(C)C. The van der Waals surface area contributed by atoms with Gasteiger partial charge >= 0.3 is 0 Å². The molecule has 0 saturated carbocycles. The van der Waals surface area contributed by atoms with Crippen molar-refractivity contribution in [1.29, 1.82) is 0 Å². The Hall–Kier alpha value is -4.73. The zero-order valence-corrected chi connectivity index (χ0v) is 26.6. The van der Waals surface area contributed by atoms with E-state index in [1.54, 1.807) is 36.4 Å². The molecule has 45 heavy (non-hydrogen) atoms. The van der Waals surface area contributed by atoms with Crippen LogP contribution in [0.25, 0.3) is 22.3 Å². The Kier molecular flexibility index (Phi) is 9.51. The van der Waals surface area contributed by atoms with E-state index in [4.69, 9.17) is 37.7 Å². The van der Waals surface area contributed by atoms with Crippen molar-refractivity contribution in [2.45, 2.75) is 40.2 Å². The van der Waals surface area contributed by atoms with Gasteiger partial charge in [-0.25, -0.2) is 4.98 Å². The summed E-state index contributed by atoms with van der Waals surface area (Å²) in [6, 6.07) is 20.1. The van der Waals surface area contributed by atoms with Crippen molar-refractivity contribution in [3.63, 3.8) is 0 Å². The average Bonchev–Trinajstić information content (AvgIpc) is 3.00. The molecule has 4 aromatic carbocycles. The second-order valence-electron chi connectivity index (χ2n) is 10.6. The molecule has 0 amide bonds. The molecule has 0 spiro atoms. The Morgan fingerprint density at radius 3 is 2.51 bits per heavy atom. The Morgan fingerprint density at radius 2 is 1.80 bits per heavy atom. The van der Waals surface area contributed by atoms with Gasteiger partial charge in [-0.1, -0.05) is 55.2 Å². The molecule has 0 bridgehead atoms. The van der Waals surface area contributed by atoms with Gasteiger partial charge in [0, 0.05) is 38.9 Å². The van der Waals surface area contributed by atoms with E-state index >= 15 is 0 Å². The first-order valence-electron chi connectivity index (χ1n) is 14.3. The highest BCUT2D eigenvalue weighted by molar-refractivity contribution is 6.35. The maximum absolute atomic E-state index is 13.9. The molecule has 0 aliphatic rings. The number of nitrogens with zero attached hydrogens (tertiary/aromatic N) is 4. The van der Waals surface area contributed by atoms with E-state index in [0.29, 0.717) is 50.3 Å². The van der Waals surface area contributed by atoms with Gasteiger partial charge in [0.15, 0.2) is 5.82 Å². The first-order valence-corrected chi connectivity index (χ1v) is 15.0. The maximum atomic E-state index is 13.9. The molecule has 0 N–H and O–H groups in total. The number of nitro groups is 1. The summed E-state index contributed by atoms with van der Waals surface area (Å²) < 4.78 is 13.1. The van der Waals surface area contributed by atoms with Crippen LogP contribution in [0.2, 0.25) is 10.0 Å². The van der Waals surface area contributed by atoms with Crippen LogP contribution in [0.15, 0.2) is 82.7 Å². The number of hydrogen-bond acceptors (Lipinski definition) is 7. The summed E-state index contributed by atoms with van der Waals surface area (Å²) in [4.78, 5) is 29.9. The smallest absolute Gasteiger partial charge is 0.282 e. The molecule has 0 aliphatic heterocycles. The number of nitro benzene ring substituents is 1. The molecular formula is C34H30Cl2N4O5. The predicted octanol–water partition coefficient (Wildman–Crippen LogP) is 8.57. The van der Waals surface area contributed by atoms with Crippen LogP contribution in [0.4, 0.5) is 5.69 Å². The molecule has 0 atom stereocenters. The largest absolute Gasteiger partial charge is 0.494 e. The molecule has 1 aromatic heterocycles. The lowest BCUT2D eigenvalue weighted by Crippen LogP contribution is -2.21. The fraction of sp³-hybridized carbons (Fsp3) is 0.206.